The van der Waals surface area contributed by atoms with E-state index in [2.05, 4.69) is 10.6 Å². The Labute approximate surface area is 111 Å². The number of anilines is 2. The molecule has 2 saturated heterocycles. The fourth-order valence-corrected chi connectivity index (χ4v) is 1.82. The third-order valence-corrected chi connectivity index (χ3v) is 3.22. The Balaban J connectivity index is 1.79. The second-order valence-electron chi connectivity index (χ2n) is 4.83. The fraction of sp³-hybridized carbons (Fsp3) is 0.385. The van der Waals surface area contributed by atoms with Crippen LogP contribution in [0.15, 0.2) is 18.2 Å². The van der Waals surface area contributed by atoms with Gasteiger partial charge in [0.2, 0.25) is 0 Å². The van der Waals surface area contributed by atoms with Crippen molar-refractivity contribution in [3.63, 3.8) is 0 Å². The Bertz CT molecular complexity index is 535. The second kappa shape index (κ2) is 4.46. The van der Waals surface area contributed by atoms with Crippen molar-refractivity contribution in [1.82, 2.24) is 9.80 Å². The molecule has 0 spiro atoms. The van der Waals surface area contributed by atoms with Crippen LogP contribution in [-0.4, -0.2) is 48.0 Å². The van der Waals surface area contributed by atoms with Crippen molar-refractivity contribution in [1.29, 1.82) is 0 Å². The number of aryl methyl sites for hydroxylation is 1. The molecule has 2 N–H and O–H groups in total. The quantitative estimate of drug-likeness (QED) is 0.795. The monoisotopic (exact) mass is 260 g/mol. The minimum absolute atomic E-state index is 0.114. The van der Waals surface area contributed by atoms with E-state index in [4.69, 9.17) is 0 Å². The molecular weight excluding hydrogens is 244 g/mol. The number of amides is 4. The Morgan fingerprint density at radius 1 is 1.00 bits per heavy atom. The van der Waals surface area contributed by atoms with Gasteiger partial charge in [0.1, 0.15) is 0 Å². The highest BCUT2D eigenvalue weighted by Gasteiger charge is 2.27. The van der Waals surface area contributed by atoms with Crippen LogP contribution in [-0.2, 0) is 0 Å². The third kappa shape index (κ3) is 2.62. The van der Waals surface area contributed by atoms with Crippen LogP contribution in [0.3, 0.4) is 0 Å². The number of hydrogen-bond donors (Lipinski definition) is 2. The van der Waals surface area contributed by atoms with Gasteiger partial charge in [0, 0.05) is 26.2 Å². The summed E-state index contributed by atoms with van der Waals surface area (Å²) < 4.78 is 0. The molecule has 1 aromatic rings. The second-order valence-corrected chi connectivity index (χ2v) is 4.83. The normalized spacial score (nSPS) is 16.1. The first-order valence-corrected chi connectivity index (χ1v) is 6.36. The van der Waals surface area contributed by atoms with E-state index in [1.54, 1.807) is 15.9 Å². The molecular formula is C13H16N4O2. The van der Waals surface area contributed by atoms with E-state index >= 15 is 0 Å². The Morgan fingerprint density at radius 2 is 1.58 bits per heavy atom. The van der Waals surface area contributed by atoms with E-state index in [9.17, 15) is 9.59 Å². The molecule has 0 saturated carbocycles. The van der Waals surface area contributed by atoms with E-state index < -0.39 is 0 Å². The van der Waals surface area contributed by atoms with Crippen molar-refractivity contribution in [3.8, 4) is 0 Å². The minimum Gasteiger partial charge on any atom is -0.321 e. The molecule has 2 heterocycles. The predicted octanol–water partition coefficient (Wildman–Crippen LogP) is 1.69. The van der Waals surface area contributed by atoms with Gasteiger partial charge in [0.05, 0.1) is 11.4 Å². The molecule has 0 aliphatic carbocycles. The van der Waals surface area contributed by atoms with Gasteiger partial charge in [-0.3, -0.25) is 0 Å². The van der Waals surface area contributed by atoms with E-state index in [-0.39, 0.29) is 12.1 Å². The molecule has 2 aliphatic rings. The molecule has 6 nitrogen and oxygen atoms in total. The Morgan fingerprint density at radius 3 is 2.16 bits per heavy atom. The largest absolute Gasteiger partial charge is 0.322 e. The molecule has 6 heteroatoms. The molecule has 0 aromatic heterocycles. The van der Waals surface area contributed by atoms with Crippen molar-refractivity contribution in [2.75, 3.05) is 36.8 Å². The summed E-state index contributed by atoms with van der Waals surface area (Å²) in [6.07, 6.45) is 0. The first-order valence-electron chi connectivity index (χ1n) is 6.36. The van der Waals surface area contributed by atoms with Gasteiger partial charge in [-0.1, -0.05) is 12.1 Å². The molecule has 19 heavy (non-hydrogen) atoms. The average Bonchev–Trinajstić information content (AvgIpc) is 3.26. The summed E-state index contributed by atoms with van der Waals surface area (Å²) in [5.74, 6) is 0. The molecule has 0 unspecified atom stereocenters. The third-order valence-electron chi connectivity index (χ3n) is 3.22. The average molecular weight is 260 g/mol. The van der Waals surface area contributed by atoms with Crippen molar-refractivity contribution in [2.45, 2.75) is 6.92 Å². The predicted molar refractivity (Wildman–Crippen MR) is 72.4 cm³/mol. The van der Waals surface area contributed by atoms with Gasteiger partial charge >= 0.3 is 12.1 Å². The first kappa shape index (κ1) is 11.8. The highest BCUT2D eigenvalue weighted by Crippen LogP contribution is 2.27. The summed E-state index contributed by atoms with van der Waals surface area (Å²) >= 11 is 0. The lowest BCUT2D eigenvalue weighted by molar-refractivity contribution is 0.240. The van der Waals surface area contributed by atoms with Crippen molar-refractivity contribution in [2.24, 2.45) is 0 Å². The van der Waals surface area contributed by atoms with Crippen LogP contribution >= 0.6 is 0 Å². The summed E-state index contributed by atoms with van der Waals surface area (Å²) in [6.45, 7) is 5.10. The number of nitrogens with one attached hydrogen (secondary N) is 2. The highest BCUT2D eigenvalue weighted by atomic mass is 16.2. The van der Waals surface area contributed by atoms with Crippen LogP contribution in [0.25, 0.3) is 0 Å². The molecule has 100 valence electrons. The van der Waals surface area contributed by atoms with Crippen LogP contribution in [0.4, 0.5) is 21.0 Å². The molecule has 1 aromatic carbocycles. The fourth-order valence-electron chi connectivity index (χ4n) is 1.82. The maximum Gasteiger partial charge on any atom is 0.322 e. The van der Waals surface area contributed by atoms with Gasteiger partial charge in [-0.2, -0.15) is 0 Å². The molecule has 2 aliphatic heterocycles. The van der Waals surface area contributed by atoms with Crippen LogP contribution < -0.4 is 10.6 Å². The van der Waals surface area contributed by atoms with Crippen molar-refractivity contribution >= 4 is 23.4 Å². The smallest absolute Gasteiger partial charge is 0.321 e. The summed E-state index contributed by atoms with van der Waals surface area (Å²) in [5, 5.41) is 5.69. The van der Waals surface area contributed by atoms with Gasteiger partial charge in [-0.15, -0.1) is 0 Å². The number of carbonyl (C=O) groups excluding carboxylic acids is 2. The standard InChI is InChI=1S/C13H16N4O2/c1-9-3-2-4-10(14-12(18)16-5-6-16)11(9)15-13(19)17-7-8-17/h2-4H,5-8H2,1H3,(H,14,18)(H,15,19). The van der Waals surface area contributed by atoms with Gasteiger partial charge in [0.15, 0.2) is 0 Å². The minimum atomic E-state index is -0.118. The first-order chi connectivity index (χ1) is 9.15. The van der Waals surface area contributed by atoms with Crippen LogP contribution in [0, 0.1) is 6.92 Å². The van der Waals surface area contributed by atoms with Crippen LogP contribution in [0.1, 0.15) is 5.56 Å². The van der Waals surface area contributed by atoms with Gasteiger partial charge in [0.25, 0.3) is 0 Å². The van der Waals surface area contributed by atoms with E-state index in [0.29, 0.717) is 11.4 Å². The van der Waals surface area contributed by atoms with E-state index in [1.807, 2.05) is 19.1 Å². The van der Waals surface area contributed by atoms with E-state index in [0.717, 1.165) is 31.7 Å². The zero-order chi connectivity index (χ0) is 13.4. The van der Waals surface area contributed by atoms with Gasteiger partial charge in [-0.25, -0.2) is 9.59 Å². The summed E-state index contributed by atoms with van der Waals surface area (Å²) in [5.41, 5.74) is 2.25. The Kier molecular flexibility index (Phi) is 2.77. The van der Waals surface area contributed by atoms with Crippen molar-refractivity contribution in [3.05, 3.63) is 23.8 Å². The molecule has 3 rings (SSSR count). The van der Waals surface area contributed by atoms with Gasteiger partial charge < -0.3 is 20.4 Å². The number of nitrogens with zero attached hydrogens (tertiary/aromatic N) is 2. The summed E-state index contributed by atoms with van der Waals surface area (Å²) in [7, 11) is 0. The number of hydrogen-bond acceptors (Lipinski definition) is 2. The van der Waals surface area contributed by atoms with Crippen LogP contribution in [0.5, 0.6) is 0 Å². The lowest BCUT2D eigenvalue weighted by Gasteiger charge is -2.15. The summed E-state index contributed by atoms with van der Waals surface area (Å²) in [4.78, 5) is 27.0. The molecule has 0 bridgehead atoms. The number of benzene rings is 1. The van der Waals surface area contributed by atoms with Gasteiger partial charge in [-0.05, 0) is 18.6 Å². The Hall–Kier alpha value is -2.24. The molecule has 4 amide bonds. The number of urea groups is 2. The SMILES string of the molecule is Cc1cccc(NC(=O)N2CC2)c1NC(=O)N1CC1. The highest BCUT2D eigenvalue weighted by molar-refractivity contribution is 6.00. The maximum atomic E-state index is 11.8. The maximum absolute atomic E-state index is 11.8. The number of rotatable bonds is 2. The molecule has 2 fully saturated rings. The number of carbonyl (C=O) groups is 2. The van der Waals surface area contributed by atoms with E-state index in [1.165, 1.54) is 0 Å². The van der Waals surface area contributed by atoms with Crippen molar-refractivity contribution < 1.29 is 9.59 Å². The lowest BCUT2D eigenvalue weighted by atomic mass is 10.1. The summed E-state index contributed by atoms with van der Waals surface area (Å²) in [6, 6.07) is 5.33. The molecule has 0 atom stereocenters. The molecule has 0 radical (unpaired) electrons. The lowest BCUT2D eigenvalue weighted by Crippen LogP contribution is -2.23. The topological polar surface area (TPSA) is 64.2 Å². The van der Waals surface area contributed by atoms with Crippen LogP contribution in [0.2, 0.25) is 0 Å². The zero-order valence-corrected chi connectivity index (χ0v) is 10.8. The zero-order valence-electron chi connectivity index (χ0n) is 10.8. The number of para-hydroxylation sites is 1.